The maximum absolute atomic E-state index is 13.3. The number of alkyl halides is 3. The first kappa shape index (κ1) is 21.3. The summed E-state index contributed by atoms with van der Waals surface area (Å²) in [4.78, 5) is 14.1. The largest absolute Gasteiger partial charge is 0.497 e. The number of methoxy groups -OCH3 is 1. The number of likely N-dealkylation sites (N-methyl/N-ethyl adjacent to an activating group) is 1. The number of urea groups is 1. The molecule has 1 aromatic rings. The van der Waals surface area contributed by atoms with Crippen LogP contribution in [0.3, 0.4) is 0 Å². The highest BCUT2D eigenvalue weighted by molar-refractivity contribution is 5.74. The summed E-state index contributed by atoms with van der Waals surface area (Å²) in [5.41, 5.74) is 0.905. The number of carbonyl (C=O) groups excluding carboxylic acids is 1. The standard InChI is InChI=1S/C19H28F3N3O2/c1-25(2)16(14-9-6-10-15(11-14)27-3)12-23-18(26)24-17(19(20,21)22)13-7-4-5-8-13/h6,9-11,13,16-17H,4-5,7-8,12H2,1-3H3,(H2,23,24,26)/t16-,17+/m0/s1. The molecule has 8 heteroatoms. The minimum atomic E-state index is -4.44. The van der Waals surface area contributed by atoms with E-state index in [0.29, 0.717) is 18.6 Å². The first-order valence-corrected chi connectivity index (χ1v) is 9.14. The lowest BCUT2D eigenvalue weighted by molar-refractivity contribution is -0.164. The molecule has 0 saturated heterocycles. The molecule has 2 atom stereocenters. The van der Waals surface area contributed by atoms with Crippen molar-refractivity contribution in [3.63, 3.8) is 0 Å². The monoisotopic (exact) mass is 387 g/mol. The molecule has 2 N–H and O–H groups in total. The van der Waals surface area contributed by atoms with Crippen molar-refractivity contribution in [3.05, 3.63) is 29.8 Å². The Hall–Kier alpha value is -1.96. The van der Waals surface area contributed by atoms with Crippen LogP contribution in [-0.4, -0.2) is 50.9 Å². The van der Waals surface area contributed by atoms with Crippen LogP contribution in [0.15, 0.2) is 24.3 Å². The fourth-order valence-corrected chi connectivity index (χ4v) is 3.59. The Bertz CT molecular complexity index is 616. The average molecular weight is 387 g/mol. The van der Waals surface area contributed by atoms with Crippen LogP contribution in [-0.2, 0) is 0 Å². The predicted molar refractivity (Wildman–Crippen MR) is 97.8 cm³/mol. The fraction of sp³-hybridized carbons (Fsp3) is 0.632. The Morgan fingerprint density at radius 3 is 2.52 bits per heavy atom. The van der Waals surface area contributed by atoms with Gasteiger partial charge in [0.1, 0.15) is 11.8 Å². The van der Waals surface area contributed by atoms with Crippen LogP contribution in [0.25, 0.3) is 0 Å². The third-order valence-corrected chi connectivity index (χ3v) is 5.07. The van der Waals surface area contributed by atoms with Gasteiger partial charge in [0.25, 0.3) is 0 Å². The molecule has 0 heterocycles. The highest BCUT2D eigenvalue weighted by Gasteiger charge is 2.46. The summed E-state index contributed by atoms with van der Waals surface area (Å²) < 4.78 is 45.2. The molecule has 1 aromatic carbocycles. The van der Waals surface area contributed by atoms with E-state index in [1.807, 2.05) is 43.3 Å². The Labute approximate surface area is 158 Å². The van der Waals surface area contributed by atoms with E-state index >= 15 is 0 Å². The minimum Gasteiger partial charge on any atom is -0.497 e. The van der Waals surface area contributed by atoms with Crippen LogP contribution >= 0.6 is 0 Å². The first-order chi connectivity index (χ1) is 12.7. The zero-order valence-corrected chi connectivity index (χ0v) is 16.0. The predicted octanol–water partition coefficient (Wildman–Crippen LogP) is 3.72. The van der Waals surface area contributed by atoms with Crippen molar-refractivity contribution in [3.8, 4) is 5.75 Å². The number of benzene rings is 1. The lowest BCUT2D eigenvalue weighted by Crippen LogP contribution is -2.53. The van der Waals surface area contributed by atoms with Crippen LogP contribution in [0.4, 0.5) is 18.0 Å². The summed E-state index contributed by atoms with van der Waals surface area (Å²) in [7, 11) is 5.26. The van der Waals surface area contributed by atoms with Crippen LogP contribution in [0.2, 0.25) is 0 Å². The molecule has 27 heavy (non-hydrogen) atoms. The molecule has 0 spiro atoms. The summed E-state index contributed by atoms with van der Waals surface area (Å²) in [5.74, 6) is 0.140. The molecule has 0 aromatic heterocycles. The molecule has 1 fully saturated rings. The smallest absolute Gasteiger partial charge is 0.408 e. The van der Waals surface area contributed by atoms with Gasteiger partial charge < -0.3 is 20.3 Å². The molecule has 2 amide bonds. The van der Waals surface area contributed by atoms with E-state index in [2.05, 4.69) is 10.6 Å². The Morgan fingerprint density at radius 1 is 1.30 bits per heavy atom. The van der Waals surface area contributed by atoms with Gasteiger partial charge in [-0.2, -0.15) is 13.2 Å². The van der Waals surface area contributed by atoms with E-state index in [4.69, 9.17) is 4.74 Å². The number of rotatable bonds is 7. The summed E-state index contributed by atoms with van der Waals surface area (Å²) in [5, 5.41) is 4.74. The van der Waals surface area contributed by atoms with Gasteiger partial charge in [-0.3, -0.25) is 0 Å². The second-order valence-electron chi connectivity index (χ2n) is 7.17. The van der Waals surface area contributed by atoms with Crippen LogP contribution in [0.1, 0.15) is 37.3 Å². The van der Waals surface area contributed by atoms with E-state index in [1.54, 1.807) is 7.11 Å². The van der Waals surface area contributed by atoms with Crippen molar-refractivity contribution in [2.45, 2.75) is 43.9 Å². The van der Waals surface area contributed by atoms with Gasteiger partial charge in [-0.05, 0) is 50.6 Å². The quantitative estimate of drug-likeness (QED) is 0.750. The van der Waals surface area contributed by atoms with Crippen molar-refractivity contribution in [2.24, 2.45) is 5.92 Å². The number of nitrogens with zero attached hydrogens (tertiary/aromatic N) is 1. The summed E-state index contributed by atoms with van der Waals surface area (Å²) in [6.07, 6.45) is -1.90. The van der Waals surface area contributed by atoms with Gasteiger partial charge in [-0.15, -0.1) is 0 Å². The molecular weight excluding hydrogens is 359 g/mol. The third kappa shape index (κ3) is 6.02. The fourth-order valence-electron chi connectivity index (χ4n) is 3.59. The zero-order chi connectivity index (χ0) is 20.0. The molecule has 0 aliphatic heterocycles. The summed E-state index contributed by atoms with van der Waals surface area (Å²) >= 11 is 0. The van der Waals surface area contributed by atoms with Crippen molar-refractivity contribution in [1.82, 2.24) is 15.5 Å². The van der Waals surface area contributed by atoms with Gasteiger partial charge in [-0.1, -0.05) is 25.0 Å². The Kier molecular flexibility index (Phi) is 7.35. The van der Waals surface area contributed by atoms with Gasteiger partial charge in [0.05, 0.1) is 13.2 Å². The lowest BCUT2D eigenvalue weighted by Gasteiger charge is -2.29. The van der Waals surface area contributed by atoms with Crippen molar-refractivity contribution >= 4 is 6.03 Å². The van der Waals surface area contributed by atoms with Gasteiger partial charge in [0.2, 0.25) is 0 Å². The Morgan fingerprint density at radius 2 is 1.96 bits per heavy atom. The number of hydrogen-bond acceptors (Lipinski definition) is 3. The molecule has 5 nitrogen and oxygen atoms in total. The number of amides is 2. The van der Waals surface area contributed by atoms with Gasteiger partial charge in [0, 0.05) is 6.54 Å². The lowest BCUT2D eigenvalue weighted by atomic mass is 9.98. The molecule has 0 radical (unpaired) electrons. The average Bonchev–Trinajstić information content (AvgIpc) is 3.12. The maximum atomic E-state index is 13.3. The first-order valence-electron chi connectivity index (χ1n) is 9.14. The number of ether oxygens (including phenoxy) is 1. The minimum absolute atomic E-state index is 0.182. The number of carbonyl (C=O) groups is 1. The molecule has 0 bridgehead atoms. The Balaban J connectivity index is 2.00. The molecule has 1 aliphatic rings. The van der Waals surface area contributed by atoms with E-state index < -0.39 is 24.2 Å². The van der Waals surface area contributed by atoms with Gasteiger partial charge in [0.15, 0.2) is 0 Å². The topological polar surface area (TPSA) is 53.6 Å². The van der Waals surface area contributed by atoms with Gasteiger partial charge in [-0.25, -0.2) is 4.79 Å². The van der Waals surface area contributed by atoms with E-state index in [0.717, 1.165) is 18.4 Å². The van der Waals surface area contributed by atoms with E-state index in [9.17, 15) is 18.0 Å². The number of hydrogen-bond donors (Lipinski definition) is 2. The number of nitrogens with one attached hydrogen (secondary N) is 2. The molecule has 1 saturated carbocycles. The molecule has 1 aliphatic carbocycles. The number of halogens is 3. The van der Waals surface area contributed by atoms with Crippen LogP contribution in [0.5, 0.6) is 5.75 Å². The highest BCUT2D eigenvalue weighted by atomic mass is 19.4. The van der Waals surface area contributed by atoms with Crippen molar-refractivity contribution in [2.75, 3.05) is 27.7 Å². The van der Waals surface area contributed by atoms with E-state index in [-0.39, 0.29) is 12.6 Å². The second-order valence-corrected chi connectivity index (χ2v) is 7.17. The molecule has 0 unspecified atom stereocenters. The third-order valence-electron chi connectivity index (χ3n) is 5.07. The SMILES string of the molecule is COc1cccc([C@H](CNC(=O)N[C@H](C2CCCC2)C(F)(F)F)N(C)C)c1. The van der Waals surface area contributed by atoms with Gasteiger partial charge >= 0.3 is 12.2 Å². The second kappa shape index (κ2) is 9.30. The van der Waals surface area contributed by atoms with E-state index in [1.165, 1.54) is 0 Å². The van der Waals surface area contributed by atoms with Crippen LogP contribution < -0.4 is 15.4 Å². The zero-order valence-electron chi connectivity index (χ0n) is 16.0. The van der Waals surface area contributed by atoms with Crippen molar-refractivity contribution in [1.29, 1.82) is 0 Å². The summed E-state index contributed by atoms with van der Waals surface area (Å²) in [6, 6.07) is 4.61. The highest BCUT2D eigenvalue weighted by Crippen LogP contribution is 2.35. The molecule has 2 rings (SSSR count). The normalized spacial score (nSPS) is 17.6. The van der Waals surface area contributed by atoms with Crippen molar-refractivity contribution < 1.29 is 22.7 Å². The molecular formula is C19H28F3N3O2. The maximum Gasteiger partial charge on any atom is 0.408 e. The summed E-state index contributed by atoms with van der Waals surface area (Å²) in [6.45, 7) is 0.182. The van der Waals surface area contributed by atoms with Crippen LogP contribution in [0, 0.1) is 5.92 Å². The molecule has 152 valence electrons.